The number of nitrogens with zero attached hydrogens (tertiary/aromatic N) is 2. The zero-order chi connectivity index (χ0) is 15.2. The molecule has 1 atom stereocenters. The first kappa shape index (κ1) is 15.2. The van der Waals surface area contributed by atoms with Crippen LogP contribution in [0, 0.1) is 0 Å². The molecule has 0 aliphatic carbocycles. The molecule has 1 aliphatic heterocycles. The number of hydrogen-bond donors (Lipinski definition) is 1. The second-order valence-electron chi connectivity index (χ2n) is 6.08. The summed E-state index contributed by atoms with van der Waals surface area (Å²) in [5.41, 5.74) is 8.96. The van der Waals surface area contributed by atoms with E-state index in [-0.39, 0.29) is 6.04 Å². The molecule has 1 fully saturated rings. The van der Waals surface area contributed by atoms with E-state index >= 15 is 0 Å². The van der Waals surface area contributed by atoms with Gasteiger partial charge >= 0.3 is 0 Å². The van der Waals surface area contributed by atoms with Crippen molar-refractivity contribution in [3.8, 4) is 0 Å². The molecule has 0 aromatic heterocycles. The van der Waals surface area contributed by atoms with Crippen LogP contribution in [0.15, 0.2) is 60.7 Å². The highest BCUT2D eigenvalue weighted by Crippen LogP contribution is 2.14. The molecular weight excluding hydrogens is 270 g/mol. The Kier molecular flexibility index (Phi) is 5.22. The summed E-state index contributed by atoms with van der Waals surface area (Å²) in [5, 5.41) is 0. The van der Waals surface area contributed by atoms with E-state index in [9.17, 15) is 0 Å². The molecule has 3 nitrogen and oxygen atoms in total. The zero-order valence-corrected chi connectivity index (χ0v) is 13.1. The number of benzene rings is 2. The normalized spacial score (nSPS) is 18.2. The molecule has 0 saturated carbocycles. The highest BCUT2D eigenvalue weighted by molar-refractivity contribution is 5.19. The van der Waals surface area contributed by atoms with Crippen LogP contribution >= 0.6 is 0 Å². The van der Waals surface area contributed by atoms with Gasteiger partial charge in [-0.1, -0.05) is 60.7 Å². The molecule has 1 heterocycles. The first-order valence-corrected chi connectivity index (χ1v) is 8.10. The van der Waals surface area contributed by atoms with Crippen molar-refractivity contribution >= 4 is 0 Å². The summed E-state index contributed by atoms with van der Waals surface area (Å²) in [5.74, 6) is 0. The van der Waals surface area contributed by atoms with Crippen molar-refractivity contribution in [2.75, 3.05) is 32.7 Å². The van der Waals surface area contributed by atoms with E-state index in [2.05, 4.69) is 64.4 Å². The molecule has 1 unspecified atom stereocenters. The van der Waals surface area contributed by atoms with Crippen LogP contribution in [0.5, 0.6) is 0 Å². The average molecular weight is 295 g/mol. The van der Waals surface area contributed by atoms with E-state index in [4.69, 9.17) is 5.73 Å². The molecule has 0 bridgehead atoms. The van der Waals surface area contributed by atoms with Crippen molar-refractivity contribution in [1.82, 2.24) is 9.80 Å². The van der Waals surface area contributed by atoms with Gasteiger partial charge in [0.2, 0.25) is 0 Å². The maximum absolute atomic E-state index is 6.33. The van der Waals surface area contributed by atoms with Gasteiger partial charge in [0.15, 0.2) is 0 Å². The van der Waals surface area contributed by atoms with Gasteiger partial charge in [-0.25, -0.2) is 0 Å². The number of hydrogen-bond acceptors (Lipinski definition) is 3. The summed E-state index contributed by atoms with van der Waals surface area (Å²) in [7, 11) is 0. The SMILES string of the molecule is NC(CN1CCN(Cc2ccccc2)CC1)c1ccccc1. The molecule has 0 spiro atoms. The minimum Gasteiger partial charge on any atom is -0.323 e. The van der Waals surface area contributed by atoms with Gasteiger partial charge in [0, 0.05) is 45.3 Å². The molecule has 3 rings (SSSR count). The molecule has 22 heavy (non-hydrogen) atoms. The van der Waals surface area contributed by atoms with Gasteiger partial charge in [0.1, 0.15) is 0 Å². The van der Waals surface area contributed by atoms with Crippen molar-refractivity contribution in [1.29, 1.82) is 0 Å². The number of piperazine rings is 1. The molecule has 1 aliphatic rings. The molecule has 0 amide bonds. The number of rotatable bonds is 5. The van der Waals surface area contributed by atoms with Crippen LogP contribution in [0.3, 0.4) is 0 Å². The third-order valence-electron chi connectivity index (χ3n) is 4.40. The van der Waals surface area contributed by atoms with Gasteiger partial charge in [0.05, 0.1) is 0 Å². The summed E-state index contributed by atoms with van der Waals surface area (Å²) >= 11 is 0. The smallest absolute Gasteiger partial charge is 0.0424 e. The monoisotopic (exact) mass is 295 g/mol. The minimum absolute atomic E-state index is 0.113. The summed E-state index contributed by atoms with van der Waals surface area (Å²) in [4.78, 5) is 5.01. The van der Waals surface area contributed by atoms with Gasteiger partial charge in [-0.15, -0.1) is 0 Å². The van der Waals surface area contributed by atoms with E-state index < -0.39 is 0 Å². The maximum atomic E-state index is 6.33. The second-order valence-corrected chi connectivity index (χ2v) is 6.08. The van der Waals surface area contributed by atoms with Gasteiger partial charge in [-0.3, -0.25) is 9.80 Å². The van der Waals surface area contributed by atoms with Gasteiger partial charge < -0.3 is 5.73 Å². The molecule has 2 aromatic carbocycles. The third-order valence-corrected chi connectivity index (χ3v) is 4.40. The summed E-state index contributed by atoms with van der Waals surface area (Å²) in [6.07, 6.45) is 0. The predicted octanol–water partition coefficient (Wildman–Crippen LogP) is 2.50. The molecule has 2 aromatic rings. The van der Waals surface area contributed by atoms with E-state index in [0.29, 0.717) is 0 Å². The predicted molar refractivity (Wildman–Crippen MR) is 91.5 cm³/mol. The molecule has 1 saturated heterocycles. The van der Waals surface area contributed by atoms with Gasteiger partial charge in [-0.2, -0.15) is 0 Å². The van der Waals surface area contributed by atoms with Crippen LogP contribution in [-0.4, -0.2) is 42.5 Å². The standard InChI is InChI=1S/C19H25N3/c20-19(18-9-5-2-6-10-18)16-22-13-11-21(12-14-22)15-17-7-3-1-4-8-17/h1-10,19H,11-16,20H2. The molecule has 2 N–H and O–H groups in total. The molecule has 0 radical (unpaired) electrons. The van der Waals surface area contributed by atoms with Crippen LogP contribution in [-0.2, 0) is 6.54 Å². The number of nitrogens with two attached hydrogens (primary N) is 1. The van der Waals surface area contributed by atoms with E-state index in [0.717, 1.165) is 39.3 Å². The fourth-order valence-corrected chi connectivity index (χ4v) is 3.06. The third kappa shape index (κ3) is 4.17. The summed E-state index contributed by atoms with van der Waals surface area (Å²) in [6.45, 7) is 6.45. The lowest BCUT2D eigenvalue weighted by Gasteiger charge is -2.36. The van der Waals surface area contributed by atoms with Crippen LogP contribution in [0.1, 0.15) is 17.2 Å². The lowest BCUT2D eigenvalue weighted by atomic mass is 10.1. The first-order valence-electron chi connectivity index (χ1n) is 8.10. The molecule has 116 valence electrons. The van der Waals surface area contributed by atoms with Crippen molar-refractivity contribution in [2.45, 2.75) is 12.6 Å². The quantitative estimate of drug-likeness (QED) is 0.920. The first-order chi connectivity index (χ1) is 10.8. The van der Waals surface area contributed by atoms with Crippen molar-refractivity contribution in [3.63, 3.8) is 0 Å². The fourth-order valence-electron chi connectivity index (χ4n) is 3.06. The summed E-state index contributed by atoms with van der Waals surface area (Å²) in [6, 6.07) is 21.2. The Labute approximate surface area is 133 Å². The second kappa shape index (κ2) is 7.54. The van der Waals surface area contributed by atoms with Crippen LogP contribution < -0.4 is 5.73 Å². The van der Waals surface area contributed by atoms with E-state index in [1.165, 1.54) is 11.1 Å². The zero-order valence-electron chi connectivity index (χ0n) is 13.1. The van der Waals surface area contributed by atoms with Crippen molar-refractivity contribution in [3.05, 3.63) is 71.8 Å². The highest BCUT2D eigenvalue weighted by Gasteiger charge is 2.19. The average Bonchev–Trinajstić information content (AvgIpc) is 2.58. The van der Waals surface area contributed by atoms with Crippen LogP contribution in [0.25, 0.3) is 0 Å². The maximum Gasteiger partial charge on any atom is 0.0424 e. The largest absolute Gasteiger partial charge is 0.323 e. The lowest BCUT2D eigenvalue weighted by molar-refractivity contribution is 0.122. The topological polar surface area (TPSA) is 32.5 Å². The fraction of sp³-hybridized carbons (Fsp3) is 0.368. The Morgan fingerprint density at radius 1 is 0.773 bits per heavy atom. The van der Waals surface area contributed by atoms with Crippen molar-refractivity contribution in [2.24, 2.45) is 5.73 Å². The Balaban J connectivity index is 1.46. The lowest BCUT2D eigenvalue weighted by Crippen LogP contribution is -2.47. The minimum atomic E-state index is 0.113. The Morgan fingerprint density at radius 3 is 1.95 bits per heavy atom. The van der Waals surface area contributed by atoms with E-state index in [1.54, 1.807) is 0 Å². The van der Waals surface area contributed by atoms with E-state index in [1.807, 2.05) is 6.07 Å². The highest BCUT2D eigenvalue weighted by atomic mass is 15.3. The van der Waals surface area contributed by atoms with Crippen LogP contribution in [0.4, 0.5) is 0 Å². The van der Waals surface area contributed by atoms with Gasteiger partial charge in [-0.05, 0) is 11.1 Å². The van der Waals surface area contributed by atoms with Crippen molar-refractivity contribution < 1.29 is 0 Å². The van der Waals surface area contributed by atoms with Gasteiger partial charge in [0.25, 0.3) is 0 Å². The van der Waals surface area contributed by atoms with Crippen LogP contribution in [0.2, 0.25) is 0 Å². The Morgan fingerprint density at radius 2 is 1.32 bits per heavy atom. The Bertz CT molecular complexity index is 547. The molecule has 3 heteroatoms. The Hall–Kier alpha value is -1.68. The summed E-state index contributed by atoms with van der Waals surface area (Å²) < 4.78 is 0. The molecular formula is C19H25N3.